The zero-order chi connectivity index (χ0) is 23.2. The molecule has 0 amide bonds. The van der Waals surface area contributed by atoms with E-state index in [1.54, 1.807) is 12.1 Å². The van der Waals surface area contributed by atoms with Gasteiger partial charge < -0.3 is 15.3 Å². The van der Waals surface area contributed by atoms with Crippen LogP contribution in [0.15, 0.2) is 36.5 Å². The molecule has 2 N–H and O–H groups in total. The summed E-state index contributed by atoms with van der Waals surface area (Å²) in [6.07, 6.45) is 4.15. The van der Waals surface area contributed by atoms with Crippen LogP contribution in [0.1, 0.15) is 29.8 Å². The molecular formula is C24H26F2N6O. The number of rotatable bonds is 6. The average Bonchev–Trinajstić information content (AvgIpc) is 3.48. The minimum atomic E-state index is -3.27. The van der Waals surface area contributed by atoms with Gasteiger partial charge in [0.05, 0.1) is 22.9 Å². The molecule has 2 aromatic carbocycles. The third-order valence-corrected chi connectivity index (χ3v) is 6.23. The van der Waals surface area contributed by atoms with Crippen LogP contribution in [-0.4, -0.2) is 44.6 Å². The fourth-order valence-electron chi connectivity index (χ4n) is 4.56. The van der Waals surface area contributed by atoms with Gasteiger partial charge in [0.1, 0.15) is 18.2 Å². The van der Waals surface area contributed by atoms with Gasteiger partial charge in [0, 0.05) is 43.0 Å². The number of halogens is 2. The molecule has 172 valence electrons. The van der Waals surface area contributed by atoms with Gasteiger partial charge in [0.25, 0.3) is 5.92 Å². The number of aromatic nitrogens is 4. The summed E-state index contributed by atoms with van der Waals surface area (Å²) in [4.78, 5) is 11.7. The van der Waals surface area contributed by atoms with E-state index in [0.29, 0.717) is 23.8 Å². The van der Waals surface area contributed by atoms with Crippen LogP contribution in [0.5, 0.6) is 0 Å². The second-order valence-electron chi connectivity index (χ2n) is 8.55. The quantitative estimate of drug-likeness (QED) is 0.458. The van der Waals surface area contributed by atoms with Gasteiger partial charge in [-0.25, -0.2) is 9.97 Å². The van der Waals surface area contributed by atoms with Crippen molar-refractivity contribution in [2.75, 3.05) is 29.9 Å². The van der Waals surface area contributed by atoms with Crippen LogP contribution < -0.4 is 10.2 Å². The Labute approximate surface area is 190 Å². The Morgan fingerprint density at radius 3 is 2.67 bits per heavy atom. The van der Waals surface area contributed by atoms with Crippen molar-refractivity contribution in [2.24, 2.45) is 7.05 Å². The first-order chi connectivity index (χ1) is 15.9. The molecule has 7 nitrogen and oxygen atoms in total. The lowest BCUT2D eigenvalue weighted by atomic mass is 10.1. The van der Waals surface area contributed by atoms with Crippen molar-refractivity contribution >= 4 is 33.3 Å². The van der Waals surface area contributed by atoms with Crippen molar-refractivity contribution < 1.29 is 13.9 Å². The fraction of sp³-hybridized carbons (Fsp3) is 0.375. The first-order valence-electron chi connectivity index (χ1n) is 11.1. The summed E-state index contributed by atoms with van der Waals surface area (Å²) in [6.45, 7) is 2.91. The molecule has 1 fully saturated rings. The minimum absolute atomic E-state index is 0.207. The molecule has 1 saturated heterocycles. The molecule has 0 aliphatic carbocycles. The lowest BCUT2D eigenvalue weighted by Crippen LogP contribution is -2.19. The summed E-state index contributed by atoms with van der Waals surface area (Å²) in [5, 5.41) is 18.7. The molecule has 33 heavy (non-hydrogen) atoms. The molecule has 3 heterocycles. The molecule has 0 unspecified atom stereocenters. The first kappa shape index (κ1) is 21.5. The number of aliphatic hydroxyl groups excluding tert-OH is 1. The van der Waals surface area contributed by atoms with Crippen LogP contribution in [-0.2, 0) is 19.5 Å². The van der Waals surface area contributed by atoms with E-state index in [1.807, 2.05) is 24.9 Å². The van der Waals surface area contributed by atoms with Crippen LogP contribution >= 0.6 is 0 Å². The number of aliphatic hydroxyl groups is 1. The number of hydrogen-bond donors (Lipinski definition) is 2. The highest BCUT2D eigenvalue weighted by molar-refractivity contribution is 6.12. The van der Waals surface area contributed by atoms with E-state index in [2.05, 4.69) is 26.4 Å². The van der Waals surface area contributed by atoms with E-state index in [4.69, 9.17) is 10.1 Å². The van der Waals surface area contributed by atoms with Gasteiger partial charge >= 0.3 is 0 Å². The maximum atomic E-state index is 13.9. The van der Waals surface area contributed by atoms with Crippen LogP contribution in [0.25, 0.3) is 21.8 Å². The summed E-state index contributed by atoms with van der Waals surface area (Å²) in [5.74, 6) is -2.00. The number of aryl methyl sites for hydroxylation is 2. The largest absolute Gasteiger partial charge is 0.390 e. The molecule has 0 atom stereocenters. The highest BCUT2D eigenvalue weighted by atomic mass is 19.3. The third kappa shape index (κ3) is 3.86. The van der Waals surface area contributed by atoms with Gasteiger partial charge in [-0.15, -0.1) is 0 Å². The first-order valence-corrected chi connectivity index (χ1v) is 11.1. The number of benzene rings is 2. The average molecular weight is 453 g/mol. The monoisotopic (exact) mass is 452 g/mol. The Hall–Kier alpha value is -3.33. The second kappa shape index (κ2) is 8.22. The predicted octanol–water partition coefficient (Wildman–Crippen LogP) is 4.12. The predicted molar refractivity (Wildman–Crippen MR) is 125 cm³/mol. The normalized spacial score (nSPS) is 14.5. The van der Waals surface area contributed by atoms with Crippen molar-refractivity contribution in [1.82, 2.24) is 19.7 Å². The topological polar surface area (TPSA) is 79.1 Å². The molecule has 0 saturated carbocycles. The lowest BCUT2D eigenvalue weighted by molar-refractivity contribution is -0.0556. The maximum absolute atomic E-state index is 13.9. The van der Waals surface area contributed by atoms with E-state index in [-0.39, 0.29) is 5.56 Å². The highest BCUT2D eigenvalue weighted by Gasteiger charge is 2.30. The number of fused-ring (bicyclic) bond motifs is 3. The van der Waals surface area contributed by atoms with Gasteiger partial charge in [0.2, 0.25) is 0 Å². The smallest absolute Gasteiger partial charge is 0.295 e. The fourth-order valence-corrected chi connectivity index (χ4v) is 4.56. The zero-order valence-corrected chi connectivity index (χ0v) is 18.6. The summed E-state index contributed by atoms with van der Waals surface area (Å²) in [7, 11) is 1.94. The van der Waals surface area contributed by atoms with Crippen molar-refractivity contribution in [3.63, 3.8) is 0 Å². The SMILES string of the molecule is Cc1nc(NCc2cccc(C(F)(F)CO)c2)c2cc(N3CCCC3)c3c(cnn3C)c2n1. The van der Waals surface area contributed by atoms with Crippen LogP contribution in [0.4, 0.5) is 20.3 Å². The summed E-state index contributed by atoms with van der Waals surface area (Å²) >= 11 is 0. The number of nitrogens with one attached hydrogen (secondary N) is 1. The van der Waals surface area contributed by atoms with Crippen molar-refractivity contribution in [2.45, 2.75) is 32.2 Å². The van der Waals surface area contributed by atoms with Gasteiger partial charge in [-0.2, -0.15) is 13.9 Å². The van der Waals surface area contributed by atoms with Crippen molar-refractivity contribution in [1.29, 1.82) is 0 Å². The van der Waals surface area contributed by atoms with E-state index in [9.17, 15) is 8.78 Å². The van der Waals surface area contributed by atoms with Gasteiger partial charge in [-0.3, -0.25) is 4.68 Å². The highest BCUT2D eigenvalue weighted by Crippen LogP contribution is 2.37. The van der Waals surface area contributed by atoms with Crippen LogP contribution in [0.2, 0.25) is 0 Å². The number of hydrogen-bond acceptors (Lipinski definition) is 6. The number of alkyl halides is 2. The molecule has 5 rings (SSSR count). The Morgan fingerprint density at radius 2 is 1.91 bits per heavy atom. The molecule has 0 bridgehead atoms. The molecule has 0 spiro atoms. The third-order valence-electron chi connectivity index (χ3n) is 6.23. The Morgan fingerprint density at radius 1 is 1.12 bits per heavy atom. The Kier molecular flexibility index (Phi) is 5.36. The Bertz CT molecular complexity index is 1330. The second-order valence-corrected chi connectivity index (χ2v) is 8.55. The van der Waals surface area contributed by atoms with Crippen LogP contribution in [0.3, 0.4) is 0 Å². The van der Waals surface area contributed by atoms with Gasteiger partial charge in [-0.1, -0.05) is 18.2 Å². The standard InChI is InChI=1S/C24H26F2N6O/c1-15-29-21-18(11-20(32-8-3-4-9-32)22-19(21)13-28-31(22)2)23(30-15)27-12-16-6-5-7-17(10-16)24(25,26)14-33/h5-7,10-11,13,33H,3-4,8-9,12,14H2,1-2H3,(H,27,29,30). The number of anilines is 2. The van der Waals surface area contributed by atoms with Crippen molar-refractivity contribution in [3.8, 4) is 0 Å². The van der Waals surface area contributed by atoms with E-state index in [1.165, 1.54) is 12.1 Å². The Balaban J connectivity index is 1.57. The van der Waals surface area contributed by atoms with Crippen molar-refractivity contribution in [3.05, 3.63) is 53.5 Å². The van der Waals surface area contributed by atoms with Gasteiger partial charge in [0.15, 0.2) is 0 Å². The molecule has 1 aliphatic rings. The molecule has 2 aromatic heterocycles. The zero-order valence-electron chi connectivity index (χ0n) is 18.6. The minimum Gasteiger partial charge on any atom is -0.390 e. The molecule has 1 aliphatic heterocycles. The van der Waals surface area contributed by atoms with E-state index >= 15 is 0 Å². The summed E-state index contributed by atoms with van der Waals surface area (Å²) < 4.78 is 29.7. The molecule has 4 aromatic rings. The van der Waals surface area contributed by atoms with E-state index in [0.717, 1.165) is 53.4 Å². The summed E-state index contributed by atoms with van der Waals surface area (Å²) in [6, 6.07) is 8.20. The number of nitrogens with zero attached hydrogens (tertiary/aromatic N) is 5. The maximum Gasteiger partial charge on any atom is 0.295 e. The van der Waals surface area contributed by atoms with Gasteiger partial charge in [-0.05, 0) is 37.5 Å². The van der Waals surface area contributed by atoms with E-state index < -0.39 is 12.5 Å². The molecular weight excluding hydrogens is 426 g/mol. The summed E-state index contributed by atoms with van der Waals surface area (Å²) in [5.41, 5.74) is 3.44. The molecule has 0 radical (unpaired) electrons. The molecule has 9 heteroatoms. The lowest BCUT2D eigenvalue weighted by Gasteiger charge is -2.21. The van der Waals surface area contributed by atoms with Crippen LogP contribution in [0, 0.1) is 6.92 Å².